The van der Waals surface area contributed by atoms with Crippen LogP contribution in [0.4, 0.5) is 4.39 Å². The summed E-state index contributed by atoms with van der Waals surface area (Å²) in [6.07, 6.45) is 1.86. The highest BCUT2D eigenvalue weighted by Gasteiger charge is 2.11. The number of hydrogen-bond donors (Lipinski definition) is 1. The van der Waals surface area contributed by atoms with Crippen molar-refractivity contribution in [2.45, 2.75) is 6.92 Å². The Morgan fingerprint density at radius 2 is 1.88 bits per heavy atom. The van der Waals surface area contributed by atoms with E-state index in [0.29, 0.717) is 4.88 Å². The third-order valence-electron chi connectivity index (χ3n) is 3.94. The van der Waals surface area contributed by atoms with Crippen molar-refractivity contribution in [2.24, 2.45) is 12.8 Å². The molecule has 2 N–H and O–H groups in total. The SMILES string of the molecule is Cc1cc2cnn(C)c2cc1-c1ccc(C(N)=O)s1.Fc1ccccc1. The second kappa shape index (κ2) is 7.49. The van der Waals surface area contributed by atoms with Gasteiger partial charge < -0.3 is 5.73 Å². The van der Waals surface area contributed by atoms with Gasteiger partial charge in [0, 0.05) is 17.3 Å². The van der Waals surface area contributed by atoms with Gasteiger partial charge in [-0.2, -0.15) is 5.10 Å². The van der Waals surface area contributed by atoms with Gasteiger partial charge in [-0.3, -0.25) is 9.48 Å². The van der Waals surface area contributed by atoms with Gasteiger partial charge in [-0.15, -0.1) is 11.3 Å². The number of rotatable bonds is 2. The van der Waals surface area contributed by atoms with Crippen LogP contribution in [0.3, 0.4) is 0 Å². The summed E-state index contributed by atoms with van der Waals surface area (Å²) in [6.45, 7) is 2.06. The largest absolute Gasteiger partial charge is 0.365 e. The fourth-order valence-electron chi connectivity index (χ4n) is 2.61. The predicted molar refractivity (Wildman–Crippen MR) is 104 cm³/mol. The van der Waals surface area contributed by atoms with Crippen LogP contribution >= 0.6 is 11.3 Å². The van der Waals surface area contributed by atoms with Gasteiger partial charge in [0.05, 0.1) is 16.6 Å². The summed E-state index contributed by atoms with van der Waals surface area (Å²) < 4.78 is 13.8. The average molecular weight is 367 g/mol. The lowest BCUT2D eigenvalue weighted by Gasteiger charge is -2.04. The first-order chi connectivity index (χ1) is 12.5. The monoisotopic (exact) mass is 367 g/mol. The lowest BCUT2D eigenvalue weighted by Crippen LogP contribution is -2.07. The van der Waals surface area contributed by atoms with Crippen molar-refractivity contribution in [1.29, 1.82) is 0 Å². The summed E-state index contributed by atoms with van der Waals surface area (Å²) >= 11 is 1.42. The molecule has 0 saturated carbocycles. The average Bonchev–Trinajstić information content (AvgIpc) is 3.23. The highest BCUT2D eigenvalue weighted by atomic mass is 32.1. The number of carbonyl (C=O) groups is 1. The van der Waals surface area contributed by atoms with E-state index in [1.54, 1.807) is 24.3 Å². The molecule has 0 bridgehead atoms. The summed E-state index contributed by atoms with van der Waals surface area (Å²) in [7, 11) is 1.92. The van der Waals surface area contributed by atoms with Crippen LogP contribution in [0.1, 0.15) is 15.2 Å². The minimum atomic E-state index is -0.379. The minimum absolute atomic E-state index is 0.178. The first kappa shape index (κ1) is 17.8. The van der Waals surface area contributed by atoms with E-state index in [4.69, 9.17) is 5.73 Å². The van der Waals surface area contributed by atoms with Crippen LogP contribution in [0.5, 0.6) is 0 Å². The molecule has 2 heterocycles. The molecule has 4 rings (SSSR count). The van der Waals surface area contributed by atoms with Crippen LogP contribution in [0.15, 0.2) is 60.8 Å². The van der Waals surface area contributed by atoms with E-state index >= 15 is 0 Å². The van der Waals surface area contributed by atoms with Gasteiger partial charge in [0.1, 0.15) is 5.82 Å². The van der Waals surface area contributed by atoms with Crippen molar-refractivity contribution in [3.63, 3.8) is 0 Å². The molecule has 2 aromatic carbocycles. The van der Waals surface area contributed by atoms with Crippen molar-refractivity contribution in [2.75, 3.05) is 0 Å². The number of thiophene rings is 1. The molecule has 6 heteroatoms. The van der Waals surface area contributed by atoms with Gasteiger partial charge in [-0.1, -0.05) is 18.2 Å². The topological polar surface area (TPSA) is 60.9 Å². The number of carbonyl (C=O) groups excluding carboxylic acids is 1. The molecule has 0 aliphatic heterocycles. The van der Waals surface area contributed by atoms with Gasteiger partial charge in [0.15, 0.2) is 0 Å². The van der Waals surface area contributed by atoms with Crippen molar-refractivity contribution in [3.05, 3.63) is 77.1 Å². The second-order valence-corrected chi connectivity index (χ2v) is 6.90. The third kappa shape index (κ3) is 3.81. The summed E-state index contributed by atoms with van der Waals surface area (Å²) in [6, 6.07) is 15.9. The third-order valence-corrected chi connectivity index (χ3v) is 5.07. The van der Waals surface area contributed by atoms with E-state index in [9.17, 15) is 9.18 Å². The lowest BCUT2D eigenvalue weighted by atomic mass is 10.0. The molecular weight excluding hydrogens is 349 g/mol. The van der Waals surface area contributed by atoms with Gasteiger partial charge in [0.2, 0.25) is 0 Å². The Morgan fingerprint density at radius 3 is 2.46 bits per heavy atom. The molecule has 2 aromatic heterocycles. The number of aromatic nitrogens is 2. The molecule has 4 nitrogen and oxygen atoms in total. The number of nitrogens with two attached hydrogens (primary N) is 1. The molecule has 0 spiro atoms. The molecule has 0 fully saturated rings. The van der Waals surface area contributed by atoms with Gasteiger partial charge in [-0.05, 0) is 54.4 Å². The lowest BCUT2D eigenvalue weighted by molar-refractivity contribution is 0.100. The highest BCUT2D eigenvalue weighted by molar-refractivity contribution is 7.17. The molecule has 132 valence electrons. The number of primary amides is 1. The van der Waals surface area contributed by atoms with Crippen molar-refractivity contribution in [1.82, 2.24) is 9.78 Å². The molecule has 0 atom stereocenters. The molecular formula is C20H18FN3OS. The van der Waals surface area contributed by atoms with Crippen LogP contribution in [0.25, 0.3) is 21.3 Å². The van der Waals surface area contributed by atoms with Crippen LogP contribution in [0.2, 0.25) is 0 Å². The number of nitrogens with zero attached hydrogens (tertiary/aromatic N) is 2. The standard InChI is InChI=1S/C14H13N3OS.C6H5F/c1-8-5-9-7-16-17(2)11(9)6-10(8)12-3-4-13(19-12)14(15)18;7-6-4-2-1-3-5-6/h3-7H,1-2H3,(H2,15,18);1-5H. The summed E-state index contributed by atoms with van der Waals surface area (Å²) in [5, 5.41) is 5.37. The van der Waals surface area contributed by atoms with E-state index < -0.39 is 0 Å². The zero-order chi connectivity index (χ0) is 18.7. The fraction of sp³-hybridized carbons (Fsp3) is 0.100. The Morgan fingerprint density at radius 1 is 1.15 bits per heavy atom. The summed E-state index contributed by atoms with van der Waals surface area (Å²) in [5.74, 6) is -0.557. The van der Waals surface area contributed by atoms with E-state index in [1.807, 2.05) is 24.0 Å². The Kier molecular flexibility index (Phi) is 5.14. The number of aryl methyl sites for hydroxylation is 2. The fourth-order valence-corrected chi connectivity index (χ4v) is 3.55. The van der Waals surface area contributed by atoms with E-state index in [2.05, 4.69) is 24.2 Å². The number of hydrogen-bond acceptors (Lipinski definition) is 3. The Balaban J connectivity index is 0.000000236. The maximum Gasteiger partial charge on any atom is 0.258 e. The first-order valence-electron chi connectivity index (χ1n) is 7.98. The van der Waals surface area contributed by atoms with Crippen LogP contribution in [-0.4, -0.2) is 15.7 Å². The van der Waals surface area contributed by atoms with Gasteiger partial charge in [0.25, 0.3) is 5.91 Å². The maximum atomic E-state index is 11.9. The minimum Gasteiger partial charge on any atom is -0.365 e. The highest BCUT2D eigenvalue weighted by Crippen LogP contribution is 2.33. The normalized spacial score (nSPS) is 10.4. The summed E-state index contributed by atoms with van der Waals surface area (Å²) in [4.78, 5) is 12.8. The molecule has 0 unspecified atom stereocenters. The number of benzene rings is 2. The quantitative estimate of drug-likeness (QED) is 0.566. The first-order valence-corrected chi connectivity index (χ1v) is 8.80. The van der Waals surface area contributed by atoms with Gasteiger partial charge >= 0.3 is 0 Å². The van der Waals surface area contributed by atoms with Gasteiger partial charge in [-0.25, -0.2) is 4.39 Å². The van der Waals surface area contributed by atoms with Crippen molar-refractivity contribution < 1.29 is 9.18 Å². The smallest absolute Gasteiger partial charge is 0.258 e. The molecule has 0 saturated heterocycles. The van der Waals surface area contributed by atoms with Crippen LogP contribution in [0, 0.1) is 12.7 Å². The number of amides is 1. The van der Waals surface area contributed by atoms with Crippen LogP contribution in [-0.2, 0) is 7.05 Å². The van der Waals surface area contributed by atoms with E-state index in [0.717, 1.165) is 21.3 Å². The number of halogens is 1. The molecule has 4 aromatic rings. The molecule has 0 aliphatic rings. The summed E-state index contributed by atoms with van der Waals surface area (Å²) in [5.41, 5.74) is 8.66. The van der Waals surface area contributed by atoms with E-state index in [1.165, 1.54) is 29.0 Å². The van der Waals surface area contributed by atoms with Crippen molar-refractivity contribution in [3.8, 4) is 10.4 Å². The predicted octanol–water partition coefficient (Wildman–Crippen LogP) is 4.53. The zero-order valence-electron chi connectivity index (χ0n) is 14.4. The number of fused-ring (bicyclic) bond motifs is 1. The Hall–Kier alpha value is -2.99. The zero-order valence-corrected chi connectivity index (χ0v) is 15.3. The molecule has 1 amide bonds. The Labute approximate surface area is 154 Å². The molecule has 0 aliphatic carbocycles. The van der Waals surface area contributed by atoms with E-state index in [-0.39, 0.29) is 11.7 Å². The second-order valence-electron chi connectivity index (χ2n) is 5.82. The Bertz CT molecular complexity index is 1050. The van der Waals surface area contributed by atoms with Crippen molar-refractivity contribution >= 4 is 28.1 Å². The molecule has 0 radical (unpaired) electrons. The maximum absolute atomic E-state index is 11.9. The molecule has 26 heavy (non-hydrogen) atoms. The van der Waals surface area contributed by atoms with Crippen LogP contribution < -0.4 is 5.73 Å².